The second kappa shape index (κ2) is 7.77. The zero-order valence-corrected chi connectivity index (χ0v) is 13.8. The van der Waals surface area contributed by atoms with Crippen LogP contribution in [0.15, 0.2) is 42.5 Å². The van der Waals surface area contributed by atoms with Gasteiger partial charge in [0.15, 0.2) is 0 Å². The first kappa shape index (κ1) is 16.3. The molecule has 1 unspecified atom stereocenters. The summed E-state index contributed by atoms with van der Waals surface area (Å²) in [5.74, 6) is 0. The van der Waals surface area contributed by atoms with Gasteiger partial charge in [-0.1, -0.05) is 56.3 Å². The van der Waals surface area contributed by atoms with Crippen LogP contribution < -0.4 is 5.32 Å². The Bertz CT molecular complexity index is 434. The first-order valence-electron chi connectivity index (χ1n) is 8.37. The van der Waals surface area contributed by atoms with Crippen molar-refractivity contribution in [3.8, 4) is 0 Å². The molecule has 1 aliphatic heterocycles. The Hall–Kier alpha value is -1.12. The topological polar surface area (TPSA) is 15.3 Å². The third kappa shape index (κ3) is 4.18. The van der Waals surface area contributed by atoms with Crippen LogP contribution in [-0.4, -0.2) is 36.1 Å². The fourth-order valence-corrected chi connectivity index (χ4v) is 3.30. The van der Waals surface area contributed by atoms with Crippen LogP contribution in [0.5, 0.6) is 0 Å². The summed E-state index contributed by atoms with van der Waals surface area (Å²) in [6, 6.07) is 11.5. The van der Waals surface area contributed by atoms with Gasteiger partial charge in [-0.3, -0.25) is 4.90 Å². The number of benzene rings is 1. The van der Waals surface area contributed by atoms with Crippen molar-refractivity contribution in [2.45, 2.75) is 51.6 Å². The average Bonchev–Trinajstić information content (AvgIpc) is 2.55. The molecule has 1 saturated heterocycles. The molecule has 116 valence electrons. The molecule has 1 N–H and O–H groups in total. The predicted molar refractivity (Wildman–Crippen MR) is 91.6 cm³/mol. The average molecular weight is 286 g/mol. The van der Waals surface area contributed by atoms with Crippen LogP contribution in [0.2, 0.25) is 0 Å². The molecule has 0 amide bonds. The van der Waals surface area contributed by atoms with E-state index in [1.807, 2.05) is 0 Å². The highest BCUT2D eigenvalue weighted by Crippen LogP contribution is 2.24. The summed E-state index contributed by atoms with van der Waals surface area (Å²) < 4.78 is 0. The molecule has 21 heavy (non-hydrogen) atoms. The van der Waals surface area contributed by atoms with Crippen molar-refractivity contribution in [1.82, 2.24) is 10.2 Å². The van der Waals surface area contributed by atoms with Crippen molar-refractivity contribution in [1.29, 1.82) is 0 Å². The van der Waals surface area contributed by atoms with Crippen LogP contribution in [0.4, 0.5) is 0 Å². The van der Waals surface area contributed by atoms with Gasteiger partial charge in [0.05, 0.1) is 0 Å². The molecule has 1 aromatic rings. The van der Waals surface area contributed by atoms with Crippen LogP contribution >= 0.6 is 0 Å². The lowest BCUT2D eigenvalue weighted by molar-refractivity contribution is 0.0828. The van der Waals surface area contributed by atoms with Gasteiger partial charge >= 0.3 is 0 Å². The number of nitrogens with zero attached hydrogens (tertiary/aromatic N) is 1. The molecule has 0 bridgehead atoms. The molecule has 0 radical (unpaired) electrons. The van der Waals surface area contributed by atoms with Gasteiger partial charge in [-0.05, 0) is 31.7 Å². The molecule has 1 aliphatic rings. The maximum atomic E-state index is 3.84. The molecule has 1 fully saturated rings. The third-order valence-corrected chi connectivity index (χ3v) is 4.98. The van der Waals surface area contributed by atoms with E-state index in [9.17, 15) is 0 Å². The van der Waals surface area contributed by atoms with Crippen molar-refractivity contribution in [2.24, 2.45) is 0 Å². The van der Waals surface area contributed by atoms with E-state index in [1.54, 1.807) is 0 Å². The van der Waals surface area contributed by atoms with Gasteiger partial charge in [0, 0.05) is 31.2 Å². The fraction of sp³-hybridized carbons (Fsp3) is 0.579. The van der Waals surface area contributed by atoms with Crippen LogP contribution in [0, 0.1) is 0 Å². The Kier molecular flexibility index (Phi) is 6.01. The van der Waals surface area contributed by atoms with Crippen LogP contribution in [0.3, 0.4) is 0 Å². The molecule has 2 nitrogen and oxygen atoms in total. The predicted octanol–water partition coefficient (Wildman–Crippen LogP) is 3.64. The smallest absolute Gasteiger partial charge is 0.0304 e. The van der Waals surface area contributed by atoms with Gasteiger partial charge < -0.3 is 5.32 Å². The van der Waals surface area contributed by atoms with Crippen molar-refractivity contribution >= 4 is 0 Å². The van der Waals surface area contributed by atoms with E-state index >= 15 is 0 Å². The lowest BCUT2D eigenvalue weighted by atomic mass is 9.87. The van der Waals surface area contributed by atoms with E-state index in [-0.39, 0.29) is 0 Å². The minimum atomic E-state index is 0.300. The highest BCUT2D eigenvalue weighted by atomic mass is 15.2. The van der Waals surface area contributed by atoms with Gasteiger partial charge in [-0.2, -0.15) is 0 Å². The number of rotatable bonds is 6. The Labute approximate surface area is 130 Å². The lowest BCUT2D eigenvalue weighted by Gasteiger charge is -2.47. The van der Waals surface area contributed by atoms with E-state index in [4.69, 9.17) is 0 Å². The Morgan fingerprint density at radius 1 is 1.24 bits per heavy atom. The molecule has 0 spiro atoms. The van der Waals surface area contributed by atoms with E-state index < -0.39 is 0 Å². The first-order chi connectivity index (χ1) is 10.2. The number of allylic oxidation sites excluding steroid dienone is 1. The highest BCUT2D eigenvalue weighted by Gasteiger charge is 2.36. The summed E-state index contributed by atoms with van der Waals surface area (Å²) in [5.41, 5.74) is 1.74. The maximum Gasteiger partial charge on any atom is 0.0304 e. The zero-order chi connectivity index (χ0) is 15.1. The molecular weight excluding hydrogens is 256 g/mol. The van der Waals surface area contributed by atoms with Crippen LogP contribution in [0.25, 0.3) is 0 Å². The van der Waals surface area contributed by atoms with Crippen molar-refractivity contribution in [2.75, 3.05) is 19.6 Å². The molecule has 0 aromatic heterocycles. The fourth-order valence-electron chi connectivity index (χ4n) is 3.30. The lowest BCUT2D eigenvalue weighted by Crippen LogP contribution is -2.64. The highest BCUT2D eigenvalue weighted by molar-refractivity contribution is 5.17. The standard InChI is InChI=1S/C19H30N2/c1-4-7-13-21-16-19(5-2,6-3)20-15-18(21)14-17-11-9-8-10-12-17/h4,7-12,18,20H,5-6,13-16H2,1-3H3/b7-4+. The Balaban J connectivity index is 2.08. The minimum Gasteiger partial charge on any atom is -0.308 e. The van der Waals surface area contributed by atoms with Crippen LogP contribution in [-0.2, 0) is 6.42 Å². The molecule has 2 rings (SSSR count). The second-order valence-corrected chi connectivity index (χ2v) is 6.21. The summed E-state index contributed by atoms with van der Waals surface area (Å²) >= 11 is 0. The summed E-state index contributed by atoms with van der Waals surface area (Å²) in [6.07, 6.45) is 8.00. The Morgan fingerprint density at radius 2 is 1.95 bits per heavy atom. The van der Waals surface area contributed by atoms with Crippen LogP contribution in [0.1, 0.15) is 39.2 Å². The molecule has 1 aromatic carbocycles. The van der Waals surface area contributed by atoms with Gasteiger partial charge in [-0.25, -0.2) is 0 Å². The van der Waals surface area contributed by atoms with E-state index in [2.05, 4.69) is 73.5 Å². The number of hydrogen-bond donors (Lipinski definition) is 1. The Morgan fingerprint density at radius 3 is 2.57 bits per heavy atom. The third-order valence-electron chi connectivity index (χ3n) is 4.98. The molecule has 2 heteroatoms. The van der Waals surface area contributed by atoms with Crippen molar-refractivity contribution in [3.05, 3.63) is 48.0 Å². The van der Waals surface area contributed by atoms with Crippen molar-refractivity contribution in [3.63, 3.8) is 0 Å². The number of hydrogen-bond acceptors (Lipinski definition) is 2. The minimum absolute atomic E-state index is 0.300. The SMILES string of the molecule is C/C=C/CN1CC(CC)(CC)NCC1Cc1ccccc1. The molecule has 0 saturated carbocycles. The quantitative estimate of drug-likeness (QED) is 0.803. The van der Waals surface area contributed by atoms with E-state index in [0.29, 0.717) is 11.6 Å². The second-order valence-electron chi connectivity index (χ2n) is 6.21. The van der Waals surface area contributed by atoms with Gasteiger partial charge in [-0.15, -0.1) is 0 Å². The number of piperazine rings is 1. The van der Waals surface area contributed by atoms with Crippen molar-refractivity contribution < 1.29 is 0 Å². The monoisotopic (exact) mass is 286 g/mol. The summed E-state index contributed by atoms with van der Waals surface area (Å²) in [7, 11) is 0. The maximum absolute atomic E-state index is 3.84. The zero-order valence-electron chi connectivity index (χ0n) is 13.8. The summed E-state index contributed by atoms with van der Waals surface area (Å²) in [5, 5.41) is 3.84. The molecule has 1 atom stereocenters. The molecular formula is C19H30N2. The molecule has 0 aliphatic carbocycles. The van der Waals surface area contributed by atoms with Gasteiger partial charge in [0.1, 0.15) is 0 Å². The molecule has 1 heterocycles. The van der Waals surface area contributed by atoms with Gasteiger partial charge in [0.2, 0.25) is 0 Å². The first-order valence-corrected chi connectivity index (χ1v) is 8.37. The summed E-state index contributed by atoms with van der Waals surface area (Å²) in [6.45, 7) is 10.0. The largest absolute Gasteiger partial charge is 0.308 e. The normalized spacial score (nSPS) is 22.7. The number of nitrogens with one attached hydrogen (secondary N) is 1. The van der Waals surface area contributed by atoms with Gasteiger partial charge in [0.25, 0.3) is 0 Å². The van der Waals surface area contributed by atoms with E-state index in [0.717, 1.165) is 26.1 Å². The summed E-state index contributed by atoms with van der Waals surface area (Å²) in [4.78, 5) is 2.66. The van der Waals surface area contributed by atoms with E-state index in [1.165, 1.54) is 18.4 Å².